The summed E-state index contributed by atoms with van der Waals surface area (Å²) < 4.78 is 4.92. The fourth-order valence-corrected chi connectivity index (χ4v) is 1.91. The molecule has 4 nitrogen and oxygen atoms in total. The van der Waals surface area contributed by atoms with Gasteiger partial charge in [-0.25, -0.2) is 9.89 Å². The lowest BCUT2D eigenvalue weighted by molar-refractivity contribution is 0.385. The van der Waals surface area contributed by atoms with Gasteiger partial charge >= 0.3 is 5.76 Å². The van der Waals surface area contributed by atoms with Crippen molar-refractivity contribution >= 4 is 0 Å². The van der Waals surface area contributed by atoms with Crippen LogP contribution in [-0.2, 0) is 0 Å². The van der Waals surface area contributed by atoms with Crippen LogP contribution in [0.25, 0.3) is 0 Å². The molecule has 66 valence electrons. The van der Waals surface area contributed by atoms with E-state index in [0.29, 0.717) is 17.7 Å². The predicted octanol–water partition coefficient (Wildman–Crippen LogP) is 1.27. The quantitative estimate of drug-likeness (QED) is 0.686. The van der Waals surface area contributed by atoms with E-state index < -0.39 is 5.76 Å². The molecule has 4 heteroatoms. The summed E-state index contributed by atoms with van der Waals surface area (Å²) in [5.74, 6) is 1.09. The van der Waals surface area contributed by atoms with E-state index in [1.54, 1.807) is 0 Å². The van der Waals surface area contributed by atoms with E-state index in [-0.39, 0.29) is 0 Å². The Labute approximate surface area is 70.0 Å². The lowest BCUT2D eigenvalue weighted by Crippen LogP contribution is -2.02. The first-order chi connectivity index (χ1) is 5.77. The number of nitrogens with one attached hydrogen (secondary N) is 1. The summed E-state index contributed by atoms with van der Waals surface area (Å²) in [5.41, 5.74) is 0. The summed E-state index contributed by atoms with van der Waals surface area (Å²) >= 11 is 0. The molecule has 1 aliphatic carbocycles. The molecule has 1 fully saturated rings. The highest BCUT2D eigenvalue weighted by atomic mass is 16.4. The molecule has 0 saturated heterocycles. The number of nitrogens with zero attached hydrogens (tertiary/aromatic N) is 1. The van der Waals surface area contributed by atoms with E-state index in [4.69, 9.17) is 4.42 Å². The van der Waals surface area contributed by atoms with Crippen molar-refractivity contribution < 1.29 is 4.42 Å². The smallest absolute Gasteiger partial charge is 0.392 e. The molecule has 2 rings (SSSR count). The van der Waals surface area contributed by atoms with Gasteiger partial charge in [-0.1, -0.05) is 13.3 Å². The van der Waals surface area contributed by atoms with Crippen molar-refractivity contribution in [2.75, 3.05) is 0 Å². The van der Waals surface area contributed by atoms with Crippen LogP contribution in [0.3, 0.4) is 0 Å². The average molecular weight is 168 g/mol. The zero-order valence-corrected chi connectivity index (χ0v) is 7.04. The standard InChI is InChI=1S/C8H12N2O2/c1-5-3-2-4-6(5)7-9-10-8(11)12-7/h5-6H,2-4H2,1H3,(H,10,11). The maximum Gasteiger partial charge on any atom is 0.434 e. The van der Waals surface area contributed by atoms with E-state index in [9.17, 15) is 4.79 Å². The van der Waals surface area contributed by atoms with Crippen LogP contribution in [-0.4, -0.2) is 10.2 Å². The van der Waals surface area contributed by atoms with Crippen molar-refractivity contribution in [1.29, 1.82) is 0 Å². The summed E-state index contributed by atoms with van der Waals surface area (Å²) in [5, 5.41) is 6.14. The highest BCUT2D eigenvalue weighted by Crippen LogP contribution is 2.37. The second kappa shape index (κ2) is 2.77. The number of aromatic amines is 1. The largest absolute Gasteiger partial charge is 0.434 e. The maximum absolute atomic E-state index is 10.7. The molecule has 0 aromatic carbocycles. The van der Waals surface area contributed by atoms with Gasteiger partial charge in [0.2, 0.25) is 5.89 Å². The van der Waals surface area contributed by atoms with E-state index in [2.05, 4.69) is 17.1 Å². The maximum atomic E-state index is 10.7. The lowest BCUT2D eigenvalue weighted by atomic mass is 9.98. The van der Waals surface area contributed by atoms with Crippen molar-refractivity contribution in [3.05, 3.63) is 16.4 Å². The molecule has 0 aliphatic heterocycles. The molecule has 1 aromatic heterocycles. The second-order valence-electron chi connectivity index (χ2n) is 3.47. The van der Waals surface area contributed by atoms with Crippen LogP contribution < -0.4 is 5.76 Å². The van der Waals surface area contributed by atoms with Gasteiger partial charge in [0.05, 0.1) is 0 Å². The Balaban J connectivity index is 2.24. The van der Waals surface area contributed by atoms with E-state index >= 15 is 0 Å². The molecule has 0 spiro atoms. The number of hydrogen-bond acceptors (Lipinski definition) is 3. The second-order valence-corrected chi connectivity index (χ2v) is 3.47. The van der Waals surface area contributed by atoms with Gasteiger partial charge in [-0.2, -0.15) is 0 Å². The predicted molar refractivity (Wildman–Crippen MR) is 42.9 cm³/mol. The van der Waals surface area contributed by atoms with E-state index in [0.717, 1.165) is 6.42 Å². The Morgan fingerprint density at radius 3 is 2.92 bits per heavy atom. The molecule has 0 radical (unpaired) electrons. The number of hydrogen-bond donors (Lipinski definition) is 1. The van der Waals surface area contributed by atoms with Crippen molar-refractivity contribution in [1.82, 2.24) is 10.2 Å². The molecule has 1 heterocycles. The fourth-order valence-electron chi connectivity index (χ4n) is 1.91. The summed E-state index contributed by atoms with van der Waals surface area (Å²) in [6.07, 6.45) is 3.51. The third-order valence-corrected chi connectivity index (χ3v) is 2.63. The van der Waals surface area contributed by atoms with Crippen LogP contribution in [0.2, 0.25) is 0 Å². The van der Waals surface area contributed by atoms with Crippen molar-refractivity contribution in [2.45, 2.75) is 32.1 Å². The topological polar surface area (TPSA) is 58.9 Å². The highest BCUT2D eigenvalue weighted by molar-refractivity contribution is 4.95. The molecule has 1 aromatic rings. The molecule has 2 unspecified atom stereocenters. The normalized spacial score (nSPS) is 29.4. The van der Waals surface area contributed by atoms with Gasteiger partial charge in [-0.15, -0.1) is 5.10 Å². The molecule has 12 heavy (non-hydrogen) atoms. The Morgan fingerprint density at radius 1 is 1.58 bits per heavy atom. The van der Waals surface area contributed by atoms with E-state index in [1.165, 1.54) is 12.8 Å². The lowest BCUT2D eigenvalue weighted by Gasteiger charge is -2.08. The van der Waals surface area contributed by atoms with Crippen LogP contribution in [0.5, 0.6) is 0 Å². The summed E-state index contributed by atoms with van der Waals surface area (Å²) in [7, 11) is 0. The molecule has 0 bridgehead atoms. The zero-order valence-electron chi connectivity index (χ0n) is 7.04. The highest BCUT2D eigenvalue weighted by Gasteiger charge is 2.28. The third kappa shape index (κ3) is 1.17. The first-order valence-electron chi connectivity index (χ1n) is 4.33. The molecule has 2 atom stereocenters. The number of rotatable bonds is 1. The Bertz CT molecular complexity index is 315. The van der Waals surface area contributed by atoms with Crippen LogP contribution in [0.1, 0.15) is 38.0 Å². The minimum absolute atomic E-state index is 0.351. The van der Waals surface area contributed by atoms with Crippen molar-refractivity contribution in [2.24, 2.45) is 5.92 Å². The SMILES string of the molecule is CC1CCCC1c1n[nH]c(=O)o1. The van der Waals surface area contributed by atoms with Gasteiger partial charge in [0.1, 0.15) is 0 Å². The Morgan fingerprint density at radius 2 is 2.42 bits per heavy atom. The molecular weight excluding hydrogens is 156 g/mol. The van der Waals surface area contributed by atoms with Crippen molar-refractivity contribution in [3.63, 3.8) is 0 Å². The Hall–Kier alpha value is -1.06. The molecular formula is C8H12N2O2. The van der Waals surface area contributed by atoms with Crippen LogP contribution in [0, 0.1) is 5.92 Å². The van der Waals surface area contributed by atoms with Crippen LogP contribution >= 0.6 is 0 Å². The minimum atomic E-state index is -0.441. The summed E-state index contributed by atoms with van der Waals surface area (Å²) in [4.78, 5) is 10.7. The molecule has 1 N–H and O–H groups in total. The summed E-state index contributed by atoms with van der Waals surface area (Å²) in [6.45, 7) is 2.17. The van der Waals surface area contributed by atoms with Gasteiger partial charge in [-0.05, 0) is 18.8 Å². The zero-order chi connectivity index (χ0) is 8.55. The van der Waals surface area contributed by atoms with Crippen LogP contribution in [0.4, 0.5) is 0 Å². The monoisotopic (exact) mass is 168 g/mol. The molecule has 1 aliphatic rings. The Kier molecular flexibility index (Phi) is 1.75. The first-order valence-corrected chi connectivity index (χ1v) is 4.33. The van der Waals surface area contributed by atoms with E-state index in [1.807, 2.05) is 0 Å². The van der Waals surface area contributed by atoms with Gasteiger partial charge in [0.15, 0.2) is 0 Å². The first kappa shape index (κ1) is 7.58. The number of aromatic nitrogens is 2. The molecule has 0 amide bonds. The van der Waals surface area contributed by atoms with Crippen LogP contribution in [0.15, 0.2) is 9.21 Å². The minimum Gasteiger partial charge on any atom is -0.392 e. The van der Waals surface area contributed by atoms with Crippen molar-refractivity contribution in [3.8, 4) is 0 Å². The number of H-pyrrole nitrogens is 1. The fraction of sp³-hybridized carbons (Fsp3) is 0.750. The van der Waals surface area contributed by atoms with Gasteiger partial charge in [-0.3, -0.25) is 0 Å². The van der Waals surface area contributed by atoms with Gasteiger partial charge in [0.25, 0.3) is 0 Å². The molecule has 1 saturated carbocycles. The van der Waals surface area contributed by atoms with Gasteiger partial charge in [0, 0.05) is 5.92 Å². The van der Waals surface area contributed by atoms with Gasteiger partial charge < -0.3 is 4.42 Å². The summed E-state index contributed by atoms with van der Waals surface area (Å²) in [6, 6.07) is 0. The average Bonchev–Trinajstić information content (AvgIpc) is 2.58. The third-order valence-electron chi connectivity index (χ3n) is 2.63.